The first-order chi connectivity index (χ1) is 16.0. The molecule has 0 saturated heterocycles. The van der Waals surface area contributed by atoms with Crippen LogP contribution in [0.1, 0.15) is 12.5 Å². The third-order valence-electron chi connectivity index (χ3n) is 4.53. The molecule has 2 aromatic carbocycles. The molecule has 2 heterocycles. The molecule has 168 valence electrons. The second kappa shape index (κ2) is 9.18. The quantitative estimate of drug-likeness (QED) is 0.185. The standard InChI is InChI=1S/C21H19N7O5/c1-12(29)32-16-8-7-13(9-17(16)31-2)10-23-25-18(30)11-28-15-6-4-3-5-14(15)24-21(28)19-20(22)27-33-26-19/h3-10H,11H2,1-2H3,(H2,22,27)(H,25,30)/b23-10-. The number of ether oxygens (including phenoxy) is 2. The summed E-state index contributed by atoms with van der Waals surface area (Å²) >= 11 is 0. The molecule has 0 radical (unpaired) electrons. The van der Waals surface area contributed by atoms with E-state index in [1.54, 1.807) is 22.8 Å². The van der Waals surface area contributed by atoms with E-state index >= 15 is 0 Å². The van der Waals surface area contributed by atoms with Gasteiger partial charge in [0.25, 0.3) is 5.91 Å². The van der Waals surface area contributed by atoms with Crippen LogP contribution in [0.4, 0.5) is 5.82 Å². The molecule has 4 rings (SSSR count). The summed E-state index contributed by atoms with van der Waals surface area (Å²) in [6.45, 7) is 1.20. The molecule has 0 atom stereocenters. The van der Waals surface area contributed by atoms with E-state index in [-0.39, 0.29) is 23.8 Å². The van der Waals surface area contributed by atoms with E-state index in [1.807, 2.05) is 24.3 Å². The SMILES string of the molecule is COc1cc(/C=N\NC(=O)Cn2c(-c3nonc3N)nc3ccccc32)ccc1OC(C)=O. The molecule has 0 saturated carbocycles. The van der Waals surface area contributed by atoms with Gasteiger partial charge in [0.15, 0.2) is 28.8 Å². The fraction of sp³-hybridized carbons (Fsp3) is 0.143. The highest BCUT2D eigenvalue weighted by Crippen LogP contribution is 2.28. The van der Waals surface area contributed by atoms with E-state index in [1.165, 1.54) is 20.2 Å². The lowest BCUT2D eigenvalue weighted by Gasteiger charge is -2.08. The summed E-state index contributed by atoms with van der Waals surface area (Å²) in [4.78, 5) is 28.3. The number of anilines is 1. The number of fused-ring (bicyclic) bond motifs is 1. The van der Waals surface area contributed by atoms with Gasteiger partial charge in [-0.25, -0.2) is 15.0 Å². The van der Waals surface area contributed by atoms with Crippen LogP contribution in [0.25, 0.3) is 22.6 Å². The lowest BCUT2D eigenvalue weighted by Crippen LogP contribution is -2.23. The van der Waals surface area contributed by atoms with Gasteiger partial charge in [0.05, 0.1) is 24.4 Å². The molecular weight excluding hydrogens is 430 g/mol. The number of nitrogen functional groups attached to an aromatic ring is 1. The van der Waals surface area contributed by atoms with E-state index in [9.17, 15) is 9.59 Å². The Morgan fingerprint density at radius 3 is 2.76 bits per heavy atom. The summed E-state index contributed by atoms with van der Waals surface area (Å²) in [6.07, 6.45) is 1.43. The number of methoxy groups -OCH3 is 1. The number of para-hydroxylation sites is 2. The van der Waals surface area contributed by atoms with Gasteiger partial charge >= 0.3 is 5.97 Å². The monoisotopic (exact) mass is 449 g/mol. The number of carbonyl (C=O) groups is 2. The molecule has 12 heteroatoms. The van der Waals surface area contributed by atoms with Crippen molar-refractivity contribution in [1.29, 1.82) is 0 Å². The number of imidazole rings is 1. The van der Waals surface area contributed by atoms with Gasteiger partial charge in [0.1, 0.15) is 6.54 Å². The van der Waals surface area contributed by atoms with Crippen molar-refractivity contribution in [3.05, 3.63) is 48.0 Å². The zero-order valence-electron chi connectivity index (χ0n) is 17.7. The van der Waals surface area contributed by atoms with Gasteiger partial charge < -0.3 is 19.8 Å². The first kappa shape index (κ1) is 21.5. The number of nitrogens with zero attached hydrogens (tertiary/aromatic N) is 5. The molecule has 0 bridgehead atoms. The fourth-order valence-corrected chi connectivity index (χ4v) is 3.13. The van der Waals surface area contributed by atoms with Crippen molar-refractivity contribution in [3.8, 4) is 23.0 Å². The maximum atomic E-state index is 12.6. The van der Waals surface area contributed by atoms with Crippen molar-refractivity contribution < 1.29 is 23.7 Å². The molecule has 12 nitrogen and oxygen atoms in total. The van der Waals surface area contributed by atoms with Crippen LogP contribution in [0.2, 0.25) is 0 Å². The molecule has 0 spiro atoms. The van der Waals surface area contributed by atoms with Crippen molar-refractivity contribution in [2.45, 2.75) is 13.5 Å². The number of esters is 1. The van der Waals surface area contributed by atoms with Crippen LogP contribution in [0.3, 0.4) is 0 Å². The molecule has 0 aliphatic carbocycles. The Bertz CT molecular complexity index is 1360. The minimum absolute atomic E-state index is 0.0659. The first-order valence-corrected chi connectivity index (χ1v) is 9.68. The Labute approximate surface area is 186 Å². The molecule has 0 unspecified atom stereocenters. The summed E-state index contributed by atoms with van der Waals surface area (Å²) in [5.74, 6) is 0.183. The highest BCUT2D eigenvalue weighted by Gasteiger charge is 2.20. The van der Waals surface area contributed by atoms with Gasteiger partial charge in [-0.05, 0) is 46.2 Å². The van der Waals surface area contributed by atoms with Gasteiger partial charge in [-0.15, -0.1) is 0 Å². The Kier molecular flexibility index (Phi) is 5.98. The number of hydrazone groups is 1. The molecule has 1 amide bonds. The number of carbonyl (C=O) groups excluding carboxylic acids is 2. The zero-order valence-corrected chi connectivity index (χ0v) is 17.7. The number of hydrogen-bond acceptors (Lipinski definition) is 10. The normalized spacial score (nSPS) is 11.1. The molecular formula is C21H19N7O5. The topological polar surface area (TPSA) is 160 Å². The second-order valence-corrected chi connectivity index (χ2v) is 6.81. The molecule has 33 heavy (non-hydrogen) atoms. The van der Waals surface area contributed by atoms with Crippen LogP contribution < -0.4 is 20.6 Å². The third kappa shape index (κ3) is 4.63. The summed E-state index contributed by atoms with van der Waals surface area (Å²) in [5.41, 5.74) is 10.5. The van der Waals surface area contributed by atoms with Gasteiger partial charge in [0.2, 0.25) is 0 Å². The Morgan fingerprint density at radius 1 is 1.21 bits per heavy atom. The van der Waals surface area contributed by atoms with Gasteiger partial charge in [-0.3, -0.25) is 9.59 Å². The predicted octanol–water partition coefficient (Wildman–Crippen LogP) is 1.75. The van der Waals surface area contributed by atoms with Crippen molar-refractivity contribution in [2.75, 3.05) is 12.8 Å². The van der Waals surface area contributed by atoms with E-state index < -0.39 is 11.9 Å². The number of benzene rings is 2. The van der Waals surface area contributed by atoms with Crippen LogP contribution in [0.5, 0.6) is 11.5 Å². The number of aromatic nitrogens is 4. The number of nitrogens with two attached hydrogens (primary N) is 1. The molecule has 3 N–H and O–H groups in total. The van der Waals surface area contributed by atoms with Crippen LogP contribution in [-0.4, -0.2) is 45.1 Å². The highest BCUT2D eigenvalue weighted by molar-refractivity contribution is 5.86. The van der Waals surface area contributed by atoms with Crippen LogP contribution in [-0.2, 0) is 16.1 Å². The Morgan fingerprint density at radius 2 is 2.03 bits per heavy atom. The minimum Gasteiger partial charge on any atom is -0.493 e. The number of amides is 1. The average molecular weight is 449 g/mol. The average Bonchev–Trinajstić information content (AvgIpc) is 3.37. The van der Waals surface area contributed by atoms with Crippen LogP contribution >= 0.6 is 0 Å². The maximum Gasteiger partial charge on any atom is 0.308 e. The second-order valence-electron chi connectivity index (χ2n) is 6.81. The first-order valence-electron chi connectivity index (χ1n) is 9.68. The predicted molar refractivity (Wildman–Crippen MR) is 117 cm³/mol. The molecule has 0 aliphatic heterocycles. The van der Waals surface area contributed by atoms with E-state index in [2.05, 4.69) is 30.5 Å². The van der Waals surface area contributed by atoms with Crippen LogP contribution in [0.15, 0.2) is 52.2 Å². The third-order valence-corrected chi connectivity index (χ3v) is 4.53. The largest absolute Gasteiger partial charge is 0.493 e. The van der Waals surface area contributed by atoms with Crippen molar-refractivity contribution >= 4 is 34.9 Å². The molecule has 0 aliphatic rings. The lowest BCUT2D eigenvalue weighted by atomic mass is 10.2. The fourth-order valence-electron chi connectivity index (χ4n) is 3.13. The Balaban J connectivity index is 1.51. The van der Waals surface area contributed by atoms with Gasteiger partial charge in [-0.2, -0.15) is 5.10 Å². The number of hydrogen-bond donors (Lipinski definition) is 2. The highest BCUT2D eigenvalue weighted by atomic mass is 16.6. The molecule has 0 fully saturated rings. The Hall–Kier alpha value is -4.74. The van der Waals surface area contributed by atoms with E-state index in [0.29, 0.717) is 28.2 Å². The summed E-state index contributed by atoms with van der Waals surface area (Å²) < 4.78 is 16.6. The van der Waals surface area contributed by atoms with E-state index in [4.69, 9.17) is 15.2 Å². The van der Waals surface area contributed by atoms with Crippen molar-refractivity contribution in [3.63, 3.8) is 0 Å². The smallest absolute Gasteiger partial charge is 0.308 e. The zero-order chi connectivity index (χ0) is 23.4. The van der Waals surface area contributed by atoms with Gasteiger partial charge in [0, 0.05) is 6.92 Å². The lowest BCUT2D eigenvalue weighted by molar-refractivity contribution is -0.132. The minimum atomic E-state index is -0.462. The summed E-state index contributed by atoms with van der Waals surface area (Å²) in [7, 11) is 1.45. The van der Waals surface area contributed by atoms with Crippen molar-refractivity contribution in [1.82, 2.24) is 25.3 Å². The van der Waals surface area contributed by atoms with Crippen LogP contribution in [0, 0.1) is 0 Å². The number of rotatable bonds is 7. The van der Waals surface area contributed by atoms with Gasteiger partial charge in [-0.1, -0.05) is 12.1 Å². The summed E-state index contributed by atoms with van der Waals surface area (Å²) in [5, 5.41) is 11.4. The maximum absolute atomic E-state index is 12.6. The van der Waals surface area contributed by atoms with E-state index in [0.717, 1.165) is 0 Å². The van der Waals surface area contributed by atoms with Crippen molar-refractivity contribution in [2.24, 2.45) is 5.10 Å². The molecule has 2 aromatic heterocycles. The number of nitrogens with one attached hydrogen (secondary N) is 1. The molecule has 4 aromatic rings. The summed E-state index contributed by atoms with van der Waals surface area (Å²) in [6, 6.07) is 12.2.